The van der Waals surface area contributed by atoms with Gasteiger partial charge in [0, 0.05) is 6.07 Å². The van der Waals surface area contributed by atoms with E-state index in [1.165, 1.54) is 19.2 Å². The van der Waals surface area contributed by atoms with Gasteiger partial charge in [-0.05, 0) is 48.4 Å². The van der Waals surface area contributed by atoms with E-state index in [0.29, 0.717) is 17.9 Å². The van der Waals surface area contributed by atoms with Gasteiger partial charge in [-0.1, -0.05) is 43.3 Å². The summed E-state index contributed by atoms with van der Waals surface area (Å²) in [6.45, 7) is 1.58. The van der Waals surface area contributed by atoms with Gasteiger partial charge in [0.1, 0.15) is 18.0 Å². The highest BCUT2D eigenvalue weighted by molar-refractivity contribution is 7.92. The van der Waals surface area contributed by atoms with E-state index in [0.717, 1.165) is 15.6 Å². The smallest absolute Gasteiger partial charge is 0.264 e. The van der Waals surface area contributed by atoms with Crippen molar-refractivity contribution in [3.63, 3.8) is 0 Å². The molecule has 0 radical (unpaired) electrons. The van der Waals surface area contributed by atoms with Gasteiger partial charge in [0.25, 0.3) is 10.0 Å². The maximum atomic E-state index is 13.5. The quantitative estimate of drug-likeness (QED) is 0.483. The van der Waals surface area contributed by atoms with E-state index in [4.69, 9.17) is 9.47 Å². The van der Waals surface area contributed by atoms with Crippen LogP contribution >= 0.6 is 0 Å². The first-order valence-corrected chi connectivity index (χ1v) is 12.0. The molecule has 1 unspecified atom stereocenters. The molecular formula is C25H28N2O5S. The van der Waals surface area contributed by atoms with Crippen molar-refractivity contribution in [3.05, 3.63) is 84.4 Å². The number of anilines is 1. The van der Waals surface area contributed by atoms with Crippen LogP contribution in [-0.4, -0.2) is 35.1 Å². The van der Waals surface area contributed by atoms with Crippen LogP contribution in [0.2, 0.25) is 0 Å². The number of hydrogen-bond donors (Lipinski definition) is 1. The summed E-state index contributed by atoms with van der Waals surface area (Å²) in [7, 11) is -0.896. The highest BCUT2D eigenvalue weighted by atomic mass is 32.2. The lowest BCUT2D eigenvalue weighted by Crippen LogP contribution is -2.42. The summed E-state index contributed by atoms with van der Waals surface area (Å²) in [5.41, 5.74) is 1.25. The number of benzene rings is 3. The molecule has 8 heteroatoms. The third-order valence-electron chi connectivity index (χ3n) is 5.22. The number of nitrogens with one attached hydrogen (secondary N) is 1. The number of amides is 1. The van der Waals surface area contributed by atoms with Crippen molar-refractivity contribution in [2.75, 3.05) is 25.1 Å². The number of carbonyl (C=O) groups excluding carboxylic acids is 1. The van der Waals surface area contributed by atoms with Crippen LogP contribution in [0.15, 0.2) is 83.8 Å². The largest absolute Gasteiger partial charge is 0.497 e. The van der Waals surface area contributed by atoms with Crippen molar-refractivity contribution >= 4 is 21.6 Å². The summed E-state index contributed by atoms with van der Waals surface area (Å²) in [6.07, 6.45) is 0.642. The average molecular weight is 469 g/mol. The predicted octanol–water partition coefficient (Wildman–Crippen LogP) is 4.17. The second kappa shape index (κ2) is 10.9. The molecule has 174 valence electrons. The van der Waals surface area contributed by atoms with E-state index >= 15 is 0 Å². The van der Waals surface area contributed by atoms with Crippen molar-refractivity contribution in [2.24, 2.45) is 0 Å². The summed E-state index contributed by atoms with van der Waals surface area (Å²) in [5, 5.41) is 2.96. The number of ether oxygens (including phenoxy) is 2. The molecule has 33 heavy (non-hydrogen) atoms. The molecule has 0 saturated carbocycles. The van der Waals surface area contributed by atoms with Gasteiger partial charge >= 0.3 is 0 Å². The topological polar surface area (TPSA) is 84.9 Å². The predicted molar refractivity (Wildman–Crippen MR) is 128 cm³/mol. The van der Waals surface area contributed by atoms with E-state index in [1.54, 1.807) is 49.6 Å². The standard InChI is InChI=1S/C25H28N2O5S/c1-4-24(19-13-15-21(31-2)16-14-19)26-25(28)18-27(20-9-8-10-22(17-20)32-3)33(29,30)23-11-6-5-7-12-23/h5-17,24H,4,18H2,1-3H3,(H,26,28). The molecule has 0 saturated heterocycles. The molecule has 0 bridgehead atoms. The zero-order valence-corrected chi connectivity index (χ0v) is 19.7. The molecule has 0 aliphatic rings. The minimum atomic E-state index is -3.99. The van der Waals surface area contributed by atoms with Crippen molar-refractivity contribution in [1.29, 1.82) is 0 Å². The maximum Gasteiger partial charge on any atom is 0.264 e. The molecule has 3 aromatic carbocycles. The fourth-order valence-corrected chi connectivity index (χ4v) is 4.86. The number of sulfonamides is 1. The van der Waals surface area contributed by atoms with E-state index < -0.39 is 15.9 Å². The van der Waals surface area contributed by atoms with Crippen molar-refractivity contribution in [3.8, 4) is 11.5 Å². The molecule has 3 rings (SSSR count). The van der Waals surface area contributed by atoms with Gasteiger partial charge in [-0.15, -0.1) is 0 Å². The molecule has 0 aliphatic carbocycles. The van der Waals surface area contributed by atoms with Crippen molar-refractivity contribution in [2.45, 2.75) is 24.3 Å². The molecule has 0 heterocycles. The number of hydrogen-bond acceptors (Lipinski definition) is 5. The normalized spacial score (nSPS) is 12.0. The molecule has 0 aliphatic heterocycles. The van der Waals surface area contributed by atoms with Crippen LogP contribution in [0.25, 0.3) is 0 Å². The monoisotopic (exact) mass is 468 g/mol. The van der Waals surface area contributed by atoms with E-state index in [2.05, 4.69) is 5.32 Å². The number of carbonyl (C=O) groups is 1. The summed E-state index contributed by atoms with van der Waals surface area (Å²) in [5.74, 6) is 0.795. The van der Waals surface area contributed by atoms with Crippen LogP contribution in [0.4, 0.5) is 5.69 Å². The molecule has 0 fully saturated rings. The Hall–Kier alpha value is -3.52. The van der Waals surface area contributed by atoms with Crippen molar-refractivity contribution < 1.29 is 22.7 Å². The van der Waals surface area contributed by atoms with E-state index in [-0.39, 0.29) is 17.5 Å². The minimum Gasteiger partial charge on any atom is -0.497 e. The third-order valence-corrected chi connectivity index (χ3v) is 7.01. The Morgan fingerprint density at radius 2 is 1.58 bits per heavy atom. The molecule has 0 aromatic heterocycles. The van der Waals surface area contributed by atoms with Crippen LogP contribution < -0.4 is 19.1 Å². The molecule has 1 N–H and O–H groups in total. The highest BCUT2D eigenvalue weighted by Gasteiger charge is 2.28. The van der Waals surface area contributed by atoms with Gasteiger partial charge in [-0.3, -0.25) is 9.10 Å². The molecular weight excluding hydrogens is 440 g/mol. The van der Waals surface area contributed by atoms with Gasteiger partial charge in [-0.2, -0.15) is 0 Å². The lowest BCUT2D eigenvalue weighted by Gasteiger charge is -2.26. The Kier molecular flexibility index (Phi) is 7.95. The van der Waals surface area contributed by atoms with Crippen LogP contribution in [-0.2, 0) is 14.8 Å². The summed E-state index contributed by atoms with van der Waals surface area (Å²) in [4.78, 5) is 13.2. The van der Waals surface area contributed by atoms with Crippen LogP contribution in [0.5, 0.6) is 11.5 Å². The Bertz CT molecular complexity index is 1160. The van der Waals surface area contributed by atoms with Gasteiger partial charge in [0.05, 0.1) is 30.8 Å². The van der Waals surface area contributed by atoms with Crippen LogP contribution in [0, 0.1) is 0 Å². The zero-order valence-electron chi connectivity index (χ0n) is 18.9. The molecule has 7 nitrogen and oxygen atoms in total. The summed E-state index contributed by atoms with van der Waals surface area (Å²) < 4.78 is 38.5. The number of nitrogens with zero attached hydrogens (tertiary/aromatic N) is 1. The second-order valence-electron chi connectivity index (χ2n) is 7.33. The lowest BCUT2D eigenvalue weighted by atomic mass is 10.0. The molecule has 1 amide bonds. The Morgan fingerprint density at radius 3 is 2.18 bits per heavy atom. The number of methoxy groups -OCH3 is 2. The fraction of sp³-hybridized carbons (Fsp3) is 0.240. The van der Waals surface area contributed by atoms with Gasteiger partial charge in [0.15, 0.2) is 0 Å². The summed E-state index contributed by atoms with van der Waals surface area (Å²) >= 11 is 0. The van der Waals surface area contributed by atoms with E-state index in [9.17, 15) is 13.2 Å². The second-order valence-corrected chi connectivity index (χ2v) is 9.19. The molecule has 1 atom stereocenters. The Balaban J connectivity index is 1.89. The average Bonchev–Trinajstić information content (AvgIpc) is 2.86. The first-order chi connectivity index (χ1) is 15.9. The number of rotatable bonds is 10. The highest BCUT2D eigenvalue weighted by Crippen LogP contribution is 2.27. The van der Waals surface area contributed by atoms with Crippen LogP contribution in [0.3, 0.4) is 0 Å². The Labute approximate surface area is 195 Å². The maximum absolute atomic E-state index is 13.5. The third kappa shape index (κ3) is 5.84. The van der Waals surface area contributed by atoms with Gasteiger partial charge in [0.2, 0.25) is 5.91 Å². The van der Waals surface area contributed by atoms with Gasteiger partial charge < -0.3 is 14.8 Å². The first kappa shape index (κ1) is 24.1. The first-order valence-electron chi connectivity index (χ1n) is 10.5. The Morgan fingerprint density at radius 1 is 0.909 bits per heavy atom. The van der Waals surface area contributed by atoms with Crippen molar-refractivity contribution in [1.82, 2.24) is 5.32 Å². The lowest BCUT2D eigenvalue weighted by molar-refractivity contribution is -0.120. The van der Waals surface area contributed by atoms with E-state index in [1.807, 2.05) is 31.2 Å². The minimum absolute atomic E-state index is 0.0998. The SMILES string of the molecule is CCC(NC(=O)CN(c1cccc(OC)c1)S(=O)(=O)c1ccccc1)c1ccc(OC)cc1. The fourth-order valence-electron chi connectivity index (χ4n) is 3.43. The van der Waals surface area contributed by atoms with Gasteiger partial charge in [-0.25, -0.2) is 8.42 Å². The molecule has 0 spiro atoms. The molecule has 3 aromatic rings. The van der Waals surface area contributed by atoms with Crippen LogP contribution in [0.1, 0.15) is 24.9 Å². The zero-order chi connectivity index (χ0) is 23.8. The summed E-state index contributed by atoms with van der Waals surface area (Å²) in [6, 6.07) is 21.8.